The molecule has 0 bridgehead atoms. The Balaban J connectivity index is 2.83. The van der Waals surface area contributed by atoms with Gasteiger partial charge in [-0.25, -0.2) is 4.79 Å². The number of benzene rings is 1. The van der Waals surface area contributed by atoms with Crippen LogP contribution in [0.1, 0.15) is 29.3 Å². The first-order valence-electron chi connectivity index (χ1n) is 4.86. The Hall–Kier alpha value is -1.22. The van der Waals surface area contributed by atoms with Crippen LogP contribution in [0.4, 0.5) is 0 Å². The fourth-order valence-electron chi connectivity index (χ4n) is 1.28. The van der Waals surface area contributed by atoms with Crippen LogP contribution in [0.2, 0.25) is 0 Å². The fourth-order valence-corrected chi connectivity index (χ4v) is 1.45. The Kier molecular flexibility index (Phi) is 4.43. The highest BCUT2D eigenvalue weighted by Gasteiger charge is 2.05. The van der Waals surface area contributed by atoms with Gasteiger partial charge in [-0.05, 0) is 29.0 Å². The zero-order valence-corrected chi connectivity index (χ0v) is 9.76. The fraction of sp³-hybridized carbons (Fsp3) is 0.333. The van der Waals surface area contributed by atoms with Crippen LogP contribution < -0.4 is 0 Å². The monoisotopic (exact) mass is 222 g/mol. The van der Waals surface area contributed by atoms with Gasteiger partial charge in [0.1, 0.15) is 0 Å². The van der Waals surface area contributed by atoms with Gasteiger partial charge in [-0.1, -0.05) is 31.3 Å². The number of esters is 1. The predicted molar refractivity (Wildman–Crippen MR) is 64.4 cm³/mol. The molecule has 0 radical (unpaired) electrons. The van der Waals surface area contributed by atoms with E-state index in [0.717, 1.165) is 23.3 Å². The lowest BCUT2D eigenvalue weighted by atomic mass is 10.1. The molecular formula is C12H14O2S. The number of thiocarbonyl (C=S) groups is 1. The molecule has 15 heavy (non-hydrogen) atoms. The topological polar surface area (TPSA) is 26.3 Å². The maximum absolute atomic E-state index is 11.3. The van der Waals surface area contributed by atoms with Gasteiger partial charge in [0.25, 0.3) is 0 Å². The van der Waals surface area contributed by atoms with Gasteiger partial charge >= 0.3 is 5.97 Å². The highest BCUT2D eigenvalue weighted by atomic mass is 32.1. The van der Waals surface area contributed by atoms with Gasteiger partial charge in [0.15, 0.2) is 0 Å². The van der Waals surface area contributed by atoms with Gasteiger partial charge in [0.05, 0.1) is 12.7 Å². The molecule has 0 aromatic heterocycles. The minimum Gasteiger partial charge on any atom is -0.465 e. The molecule has 2 nitrogen and oxygen atoms in total. The molecule has 1 rings (SSSR count). The Morgan fingerprint density at radius 3 is 2.80 bits per heavy atom. The largest absolute Gasteiger partial charge is 0.465 e. The van der Waals surface area contributed by atoms with E-state index in [1.807, 2.05) is 25.1 Å². The van der Waals surface area contributed by atoms with E-state index in [-0.39, 0.29) is 5.97 Å². The number of carbonyl (C=O) groups is 1. The Morgan fingerprint density at radius 1 is 1.47 bits per heavy atom. The van der Waals surface area contributed by atoms with Gasteiger partial charge in [0.2, 0.25) is 0 Å². The standard InChI is InChI=1S/C12H14O2S/c1-3-11(15)8-9-5-4-6-10(7-9)12(13)14-2/h4-7H,3,8H2,1-2H3. The lowest BCUT2D eigenvalue weighted by Gasteiger charge is -2.03. The van der Waals surface area contributed by atoms with Crippen LogP contribution in [0.3, 0.4) is 0 Å². The van der Waals surface area contributed by atoms with Crippen molar-refractivity contribution in [3.8, 4) is 0 Å². The summed E-state index contributed by atoms with van der Waals surface area (Å²) in [6.45, 7) is 2.03. The van der Waals surface area contributed by atoms with E-state index in [9.17, 15) is 4.79 Å². The first kappa shape index (κ1) is 11.9. The SMILES string of the molecule is CCC(=S)Cc1cccc(C(=O)OC)c1. The molecule has 0 aliphatic carbocycles. The zero-order valence-electron chi connectivity index (χ0n) is 8.95. The minimum absolute atomic E-state index is 0.306. The summed E-state index contributed by atoms with van der Waals surface area (Å²) in [4.78, 5) is 12.3. The summed E-state index contributed by atoms with van der Waals surface area (Å²) in [5.74, 6) is -0.306. The van der Waals surface area contributed by atoms with E-state index in [0.29, 0.717) is 5.56 Å². The number of ether oxygens (including phenoxy) is 1. The summed E-state index contributed by atoms with van der Waals surface area (Å²) in [7, 11) is 1.38. The van der Waals surface area contributed by atoms with E-state index in [4.69, 9.17) is 12.2 Å². The van der Waals surface area contributed by atoms with E-state index in [1.165, 1.54) is 7.11 Å². The van der Waals surface area contributed by atoms with Crippen LogP contribution >= 0.6 is 12.2 Å². The van der Waals surface area contributed by atoms with Crippen molar-refractivity contribution in [1.29, 1.82) is 0 Å². The first-order valence-corrected chi connectivity index (χ1v) is 5.27. The van der Waals surface area contributed by atoms with Gasteiger partial charge in [-0.15, -0.1) is 0 Å². The maximum atomic E-state index is 11.3. The summed E-state index contributed by atoms with van der Waals surface area (Å²) < 4.78 is 4.65. The van der Waals surface area contributed by atoms with E-state index in [2.05, 4.69) is 4.74 Å². The molecule has 0 atom stereocenters. The molecule has 0 aliphatic heterocycles. The summed E-state index contributed by atoms with van der Waals surface area (Å²) in [5.41, 5.74) is 1.64. The molecule has 0 saturated heterocycles. The van der Waals surface area contributed by atoms with Gasteiger partial charge in [-0.3, -0.25) is 0 Å². The predicted octanol–water partition coefficient (Wildman–Crippen LogP) is 2.80. The molecule has 1 aromatic carbocycles. The number of carbonyl (C=O) groups excluding carboxylic acids is 1. The maximum Gasteiger partial charge on any atom is 0.337 e. The summed E-state index contributed by atoms with van der Waals surface area (Å²) in [6, 6.07) is 7.38. The van der Waals surface area contributed by atoms with Gasteiger partial charge < -0.3 is 4.74 Å². The second kappa shape index (κ2) is 5.61. The van der Waals surface area contributed by atoms with E-state index in [1.54, 1.807) is 6.07 Å². The van der Waals surface area contributed by atoms with Crippen molar-refractivity contribution < 1.29 is 9.53 Å². The molecule has 3 heteroatoms. The average Bonchev–Trinajstić information content (AvgIpc) is 2.28. The quantitative estimate of drug-likeness (QED) is 0.579. The molecule has 1 aromatic rings. The van der Waals surface area contributed by atoms with Crippen LogP contribution in [0.25, 0.3) is 0 Å². The summed E-state index contributed by atoms with van der Waals surface area (Å²) in [5, 5.41) is 0. The van der Waals surface area contributed by atoms with Crippen molar-refractivity contribution in [2.45, 2.75) is 19.8 Å². The molecule has 0 aliphatic rings. The molecule has 0 saturated carbocycles. The van der Waals surface area contributed by atoms with Crippen LogP contribution in [-0.2, 0) is 11.2 Å². The minimum atomic E-state index is -0.306. The highest BCUT2D eigenvalue weighted by molar-refractivity contribution is 7.80. The number of methoxy groups -OCH3 is 1. The van der Waals surface area contributed by atoms with Crippen LogP contribution in [0, 0.1) is 0 Å². The lowest BCUT2D eigenvalue weighted by Crippen LogP contribution is -2.03. The third-order valence-corrected chi connectivity index (χ3v) is 2.58. The van der Waals surface area contributed by atoms with Crippen LogP contribution in [-0.4, -0.2) is 17.9 Å². The van der Waals surface area contributed by atoms with Crippen molar-refractivity contribution in [2.75, 3.05) is 7.11 Å². The summed E-state index contributed by atoms with van der Waals surface area (Å²) >= 11 is 5.16. The third-order valence-electron chi connectivity index (χ3n) is 2.14. The molecule has 0 spiro atoms. The Labute approximate surface area is 95.3 Å². The molecule has 0 fully saturated rings. The molecular weight excluding hydrogens is 208 g/mol. The lowest BCUT2D eigenvalue weighted by molar-refractivity contribution is 0.0600. The van der Waals surface area contributed by atoms with Gasteiger partial charge in [-0.2, -0.15) is 0 Å². The van der Waals surface area contributed by atoms with E-state index < -0.39 is 0 Å². The zero-order chi connectivity index (χ0) is 11.3. The Morgan fingerprint density at radius 2 is 2.20 bits per heavy atom. The number of hydrogen-bond acceptors (Lipinski definition) is 3. The number of rotatable bonds is 4. The summed E-state index contributed by atoms with van der Waals surface area (Å²) in [6.07, 6.45) is 1.63. The molecule has 80 valence electrons. The molecule has 0 unspecified atom stereocenters. The van der Waals surface area contributed by atoms with Crippen molar-refractivity contribution >= 4 is 23.1 Å². The smallest absolute Gasteiger partial charge is 0.337 e. The van der Waals surface area contributed by atoms with Crippen molar-refractivity contribution in [1.82, 2.24) is 0 Å². The van der Waals surface area contributed by atoms with Crippen molar-refractivity contribution in [3.05, 3.63) is 35.4 Å². The third kappa shape index (κ3) is 3.44. The number of hydrogen-bond donors (Lipinski definition) is 0. The van der Waals surface area contributed by atoms with Gasteiger partial charge in [0, 0.05) is 6.42 Å². The molecule has 0 heterocycles. The Bertz CT molecular complexity index is 372. The van der Waals surface area contributed by atoms with Crippen molar-refractivity contribution in [2.24, 2.45) is 0 Å². The average molecular weight is 222 g/mol. The first-order chi connectivity index (χ1) is 7.17. The highest BCUT2D eigenvalue weighted by Crippen LogP contribution is 2.09. The van der Waals surface area contributed by atoms with Crippen molar-refractivity contribution in [3.63, 3.8) is 0 Å². The van der Waals surface area contributed by atoms with E-state index >= 15 is 0 Å². The second-order valence-electron chi connectivity index (χ2n) is 3.26. The normalized spacial score (nSPS) is 9.73. The van der Waals surface area contributed by atoms with Crippen LogP contribution in [0.15, 0.2) is 24.3 Å². The second-order valence-corrected chi connectivity index (χ2v) is 3.84. The molecule has 0 amide bonds. The molecule has 0 N–H and O–H groups in total. The van der Waals surface area contributed by atoms with Crippen LogP contribution in [0.5, 0.6) is 0 Å².